The molecule has 5 aromatic rings. The van der Waals surface area contributed by atoms with Crippen molar-refractivity contribution in [3.8, 4) is 0 Å². The number of rotatable bonds is 6. The quantitative estimate of drug-likeness (QED) is 0.381. The lowest BCUT2D eigenvalue weighted by atomic mass is 9.96. The van der Waals surface area contributed by atoms with Crippen molar-refractivity contribution in [1.82, 2.24) is 28.5 Å². The minimum Gasteiger partial charge on any atom is -0.383 e. The first-order valence-electron chi connectivity index (χ1n) is 11.9. The van der Waals surface area contributed by atoms with Gasteiger partial charge in [-0.2, -0.15) is 0 Å². The molecule has 0 saturated heterocycles. The second-order valence-electron chi connectivity index (χ2n) is 9.38. The minimum atomic E-state index is -0.203. The maximum Gasteiger partial charge on any atom is 0.334 e. The molecule has 4 heterocycles. The van der Waals surface area contributed by atoms with Gasteiger partial charge in [-0.15, -0.1) is 0 Å². The Morgan fingerprint density at radius 2 is 1.94 bits per heavy atom. The number of nitrogens with zero attached hydrogens (tertiary/aromatic N) is 6. The van der Waals surface area contributed by atoms with Crippen LogP contribution < -0.4 is 22.3 Å². The maximum atomic E-state index is 12.8. The first kappa shape index (κ1) is 22.0. The number of nitrogen functional groups attached to an aromatic ring is 1. The monoisotopic (exact) mass is 482 g/mol. The number of fused-ring (bicyclic) bond motifs is 2. The lowest BCUT2D eigenvalue weighted by molar-refractivity contribution is 0.670. The number of pyridine rings is 1. The fourth-order valence-electron chi connectivity index (χ4n) is 4.75. The SMILES string of the molecule is Cc1cc2c(N)nccc2c(C)c1CNc1cc(=O)n(Cc2cn3c(=O)n(C4CC4)ccc3n2)cn1. The molecule has 0 spiro atoms. The van der Waals surface area contributed by atoms with Crippen LogP contribution in [0.25, 0.3) is 16.4 Å². The molecule has 3 N–H and O–H groups in total. The Kier molecular flexibility index (Phi) is 5.10. The van der Waals surface area contributed by atoms with Crippen LogP contribution in [0.3, 0.4) is 0 Å². The van der Waals surface area contributed by atoms with Crippen LogP contribution in [-0.2, 0) is 13.1 Å². The summed E-state index contributed by atoms with van der Waals surface area (Å²) >= 11 is 0. The molecule has 0 aliphatic heterocycles. The molecule has 1 aliphatic rings. The zero-order chi connectivity index (χ0) is 25.0. The van der Waals surface area contributed by atoms with E-state index in [2.05, 4.69) is 27.2 Å². The number of nitrogens with one attached hydrogen (secondary N) is 1. The van der Waals surface area contributed by atoms with Crippen molar-refractivity contribution in [2.75, 3.05) is 11.1 Å². The molecule has 10 heteroatoms. The van der Waals surface area contributed by atoms with Gasteiger partial charge in [0.1, 0.15) is 23.6 Å². The van der Waals surface area contributed by atoms with Gasteiger partial charge in [0.25, 0.3) is 5.56 Å². The molecule has 0 amide bonds. The van der Waals surface area contributed by atoms with Crippen molar-refractivity contribution < 1.29 is 0 Å². The topological polar surface area (TPSA) is 125 Å². The summed E-state index contributed by atoms with van der Waals surface area (Å²) in [6.07, 6.45) is 8.77. The number of imidazole rings is 1. The number of hydrogen-bond acceptors (Lipinski definition) is 7. The normalized spacial score (nSPS) is 13.5. The van der Waals surface area contributed by atoms with E-state index >= 15 is 0 Å². The van der Waals surface area contributed by atoms with Crippen LogP contribution >= 0.6 is 0 Å². The molecule has 0 radical (unpaired) electrons. The smallest absolute Gasteiger partial charge is 0.334 e. The first-order chi connectivity index (χ1) is 17.4. The Balaban J connectivity index is 1.21. The van der Waals surface area contributed by atoms with Gasteiger partial charge in [0.05, 0.1) is 12.2 Å². The molecular formula is C26H26N8O2. The molecule has 1 saturated carbocycles. The minimum absolute atomic E-state index is 0.100. The Labute approximate surface area is 206 Å². The van der Waals surface area contributed by atoms with Gasteiger partial charge in [0, 0.05) is 42.6 Å². The highest BCUT2D eigenvalue weighted by Gasteiger charge is 2.25. The Morgan fingerprint density at radius 3 is 2.72 bits per heavy atom. The summed E-state index contributed by atoms with van der Waals surface area (Å²) in [5.41, 5.74) is 10.3. The van der Waals surface area contributed by atoms with Crippen LogP contribution in [0.15, 0.2) is 58.8 Å². The molecule has 1 aliphatic carbocycles. The van der Waals surface area contributed by atoms with Gasteiger partial charge < -0.3 is 11.1 Å². The van der Waals surface area contributed by atoms with E-state index in [0.29, 0.717) is 29.5 Å². The van der Waals surface area contributed by atoms with Crippen LogP contribution in [0.1, 0.15) is 41.3 Å². The summed E-state index contributed by atoms with van der Waals surface area (Å²) in [5.74, 6) is 1.01. The fourth-order valence-corrected chi connectivity index (χ4v) is 4.75. The average Bonchev–Trinajstić information content (AvgIpc) is 3.60. The Morgan fingerprint density at radius 1 is 1.11 bits per heavy atom. The van der Waals surface area contributed by atoms with E-state index in [9.17, 15) is 9.59 Å². The predicted octanol–water partition coefficient (Wildman–Crippen LogP) is 2.80. The lowest BCUT2D eigenvalue weighted by Crippen LogP contribution is -2.24. The van der Waals surface area contributed by atoms with E-state index in [1.54, 1.807) is 27.6 Å². The molecule has 4 aromatic heterocycles. The molecule has 1 fully saturated rings. The van der Waals surface area contributed by atoms with Crippen molar-refractivity contribution in [2.24, 2.45) is 0 Å². The summed E-state index contributed by atoms with van der Waals surface area (Å²) in [6, 6.07) is 7.60. The van der Waals surface area contributed by atoms with Crippen molar-refractivity contribution in [3.63, 3.8) is 0 Å². The molecule has 1 aromatic carbocycles. The second kappa shape index (κ2) is 8.33. The highest BCUT2D eigenvalue weighted by atomic mass is 16.1. The van der Waals surface area contributed by atoms with E-state index in [4.69, 9.17) is 5.73 Å². The molecule has 0 bridgehead atoms. The maximum absolute atomic E-state index is 12.8. The highest BCUT2D eigenvalue weighted by molar-refractivity contribution is 5.94. The molecule has 0 atom stereocenters. The predicted molar refractivity (Wildman–Crippen MR) is 138 cm³/mol. The summed E-state index contributed by atoms with van der Waals surface area (Å²) in [4.78, 5) is 38.6. The number of hydrogen-bond donors (Lipinski definition) is 2. The third kappa shape index (κ3) is 3.80. The molecule has 6 rings (SSSR count). The van der Waals surface area contributed by atoms with Gasteiger partial charge in [-0.25, -0.2) is 19.7 Å². The zero-order valence-corrected chi connectivity index (χ0v) is 20.1. The summed E-state index contributed by atoms with van der Waals surface area (Å²) < 4.78 is 4.77. The summed E-state index contributed by atoms with van der Waals surface area (Å²) in [5, 5.41) is 5.27. The molecule has 0 unspecified atom stereocenters. The van der Waals surface area contributed by atoms with Crippen molar-refractivity contribution in [3.05, 3.63) is 92.4 Å². The van der Waals surface area contributed by atoms with Crippen LogP contribution in [0.4, 0.5) is 11.6 Å². The largest absolute Gasteiger partial charge is 0.383 e. The average molecular weight is 483 g/mol. The summed E-state index contributed by atoms with van der Waals surface area (Å²) in [7, 11) is 0. The Hall–Kier alpha value is -4.47. The molecule has 182 valence electrons. The third-order valence-electron chi connectivity index (χ3n) is 6.91. The standard InChI is InChI=1S/C26H26N8O2/c1-15-9-20-19(5-7-28-25(20)27)16(2)21(15)11-29-22-10-24(35)32(14-30-22)12-17-13-34-23(31-17)6-8-33(26(34)36)18-3-4-18/h5-10,13-14,18,29H,3-4,11-12H2,1-2H3,(H2,27,28). The number of nitrogens with two attached hydrogens (primary N) is 1. The van der Waals surface area contributed by atoms with E-state index in [-0.39, 0.29) is 23.8 Å². The number of benzene rings is 1. The lowest BCUT2D eigenvalue weighted by Gasteiger charge is -2.15. The zero-order valence-electron chi connectivity index (χ0n) is 20.1. The molecule has 36 heavy (non-hydrogen) atoms. The van der Waals surface area contributed by atoms with Crippen LogP contribution in [0.5, 0.6) is 0 Å². The second-order valence-corrected chi connectivity index (χ2v) is 9.38. The van der Waals surface area contributed by atoms with E-state index in [1.165, 1.54) is 17.0 Å². The van der Waals surface area contributed by atoms with Gasteiger partial charge >= 0.3 is 5.69 Å². The van der Waals surface area contributed by atoms with Crippen LogP contribution in [-0.4, -0.2) is 28.5 Å². The van der Waals surface area contributed by atoms with Gasteiger partial charge in [0.2, 0.25) is 0 Å². The summed E-state index contributed by atoms with van der Waals surface area (Å²) in [6.45, 7) is 4.85. The molecular weight excluding hydrogens is 456 g/mol. The van der Waals surface area contributed by atoms with Gasteiger partial charge in [0.15, 0.2) is 0 Å². The van der Waals surface area contributed by atoms with E-state index < -0.39 is 0 Å². The van der Waals surface area contributed by atoms with Crippen molar-refractivity contribution >= 4 is 28.1 Å². The molecule has 10 nitrogen and oxygen atoms in total. The van der Waals surface area contributed by atoms with Gasteiger partial charge in [-0.1, -0.05) is 0 Å². The number of anilines is 2. The first-order valence-corrected chi connectivity index (χ1v) is 11.9. The van der Waals surface area contributed by atoms with Crippen molar-refractivity contribution in [2.45, 2.75) is 45.8 Å². The highest BCUT2D eigenvalue weighted by Crippen LogP contribution is 2.33. The van der Waals surface area contributed by atoms with Gasteiger partial charge in [-0.3, -0.25) is 18.3 Å². The van der Waals surface area contributed by atoms with Gasteiger partial charge in [-0.05, 0) is 67.0 Å². The van der Waals surface area contributed by atoms with Crippen molar-refractivity contribution in [1.29, 1.82) is 0 Å². The van der Waals surface area contributed by atoms with E-state index in [1.807, 2.05) is 25.1 Å². The van der Waals surface area contributed by atoms with Crippen LogP contribution in [0, 0.1) is 13.8 Å². The number of aromatic nitrogens is 6. The third-order valence-corrected chi connectivity index (χ3v) is 6.91. The van der Waals surface area contributed by atoms with Crippen LogP contribution in [0.2, 0.25) is 0 Å². The Bertz CT molecular complexity index is 1760. The number of aryl methyl sites for hydroxylation is 2. The fraction of sp³-hybridized carbons (Fsp3) is 0.269. The van der Waals surface area contributed by atoms with E-state index in [0.717, 1.165) is 40.3 Å².